The molecule has 0 N–H and O–H groups in total. The maximum atomic E-state index is 13.1. The number of para-hydroxylation sites is 1. The van der Waals surface area contributed by atoms with Crippen molar-refractivity contribution in [2.24, 2.45) is 0 Å². The van der Waals surface area contributed by atoms with Crippen molar-refractivity contribution in [2.75, 3.05) is 63.3 Å². The van der Waals surface area contributed by atoms with Gasteiger partial charge in [-0.15, -0.1) is 0 Å². The molecule has 0 atom stereocenters. The van der Waals surface area contributed by atoms with E-state index >= 15 is 0 Å². The van der Waals surface area contributed by atoms with E-state index in [9.17, 15) is 4.79 Å². The number of piperazine rings is 1. The van der Waals surface area contributed by atoms with Crippen LogP contribution in [0.2, 0.25) is 0 Å². The second kappa shape index (κ2) is 7.53. The van der Waals surface area contributed by atoms with Crippen molar-refractivity contribution in [1.29, 1.82) is 0 Å². The lowest BCUT2D eigenvalue weighted by atomic mass is 10.1. The number of ether oxygens (including phenoxy) is 2. The molecule has 0 unspecified atom stereocenters. The third-order valence-corrected chi connectivity index (χ3v) is 4.96. The lowest BCUT2D eigenvalue weighted by Crippen LogP contribution is -2.49. The van der Waals surface area contributed by atoms with Gasteiger partial charge in [-0.3, -0.25) is 4.79 Å². The van der Waals surface area contributed by atoms with Gasteiger partial charge in [-0.25, -0.2) is 9.97 Å². The molecule has 0 radical (unpaired) electrons. The van der Waals surface area contributed by atoms with Crippen LogP contribution in [0.15, 0.2) is 24.3 Å². The first-order valence-electron chi connectivity index (χ1n) is 9.49. The van der Waals surface area contributed by atoms with E-state index in [-0.39, 0.29) is 5.91 Å². The molecule has 3 heterocycles. The van der Waals surface area contributed by atoms with E-state index in [2.05, 4.69) is 14.9 Å². The van der Waals surface area contributed by atoms with E-state index in [1.807, 2.05) is 49.0 Å². The second-order valence-electron chi connectivity index (χ2n) is 7.13. The Bertz CT molecular complexity index is 878. The van der Waals surface area contributed by atoms with Crippen LogP contribution in [-0.2, 0) is 0 Å². The zero-order valence-corrected chi connectivity index (χ0v) is 16.5. The van der Waals surface area contributed by atoms with Gasteiger partial charge in [0.15, 0.2) is 11.5 Å². The van der Waals surface area contributed by atoms with Gasteiger partial charge in [-0.05, 0) is 19.1 Å². The first-order chi connectivity index (χ1) is 13.5. The Kier molecular flexibility index (Phi) is 4.93. The highest BCUT2D eigenvalue weighted by Crippen LogP contribution is 2.34. The van der Waals surface area contributed by atoms with Crippen LogP contribution in [0.4, 0.5) is 11.6 Å². The van der Waals surface area contributed by atoms with Crippen LogP contribution in [0.25, 0.3) is 0 Å². The predicted molar refractivity (Wildman–Crippen MR) is 107 cm³/mol. The number of anilines is 2. The van der Waals surface area contributed by atoms with Crippen LogP contribution in [-0.4, -0.2) is 74.3 Å². The summed E-state index contributed by atoms with van der Waals surface area (Å²) in [5.41, 5.74) is 0.568. The molecular weight excluding hydrogens is 358 g/mol. The molecule has 8 heteroatoms. The van der Waals surface area contributed by atoms with E-state index in [0.717, 1.165) is 30.5 Å². The van der Waals surface area contributed by atoms with Gasteiger partial charge in [0.05, 0.1) is 5.56 Å². The summed E-state index contributed by atoms with van der Waals surface area (Å²) < 4.78 is 11.3. The summed E-state index contributed by atoms with van der Waals surface area (Å²) >= 11 is 0. The van der Waals surface area contributed by atoms with Gasteiger partial charge in [0.1, 0.15) is 30.7 Å². The summed E-state index contributed by atoms with van der Waals surface area (Å²) in [5.74, 6) is 3.71. The minimum absolute atomic E-state index is 0.0187. The Morgan fingerprint density at radius 2 is 1.82 bits per heavy atom. The molecule has 2 aromatic rings. The number of nitrogens with zero attached hydrogens (tertiary/aromatic N) is 5. The molecule has 0 aliphatic carbocycles. The SMILES string of the molecule is Cc1nc(N(C)C)cc(N2CCN(C(=O)c3cccc4c3OCCO4)CC2)n1. The van der Waals surface area contributed by atoms with Crippen molar-refractivity contribution in [3.05, 3.63) is 35.7 Å². The van der Waals surface area contributed by atoms with Gasteiger partial charge in [0, 0.05) is 46.3 Å². The molecule has 0 saturated carbocycles. The summed E-state index contributed by atoms with van der Waals surface area (Å²) in [6, 6.07) is 7.47. The molecule has 2 aliphatic rings. The maximum Gasteiger partial charge on any atom is 0.257 e. The third kappa shape index (κ3) is 3.54. The number of aromatic nitrogens is 2. The Labute approximate surface area is 164 Å². The van der Waals surface area contributed by atoms with Gasteiger partial charge >= 0.3 is 0 Å². The molecule has 148 valence electrons. The minimum atomic E-state index is -0.0187. The zero-order chi connectivity index (χ0) is 19.7. The van der Waals surface area contributed by atoms with Gasteiger partial charge in [-0.2, -0.15) is 0 Å². The van der Waals surface area contributed by atoms with Crippen molar-refractivity contribution >= 4 is 17.5 Å². The third-order valence-electron chi connectivity index (χ3n) is 4.96. The Hall–Kier alpha value is -3.03. The molecule has 2 aliphatic heterocycles. The maximum absolute atomic E-state index is 13.1. The molecule has 1 aromatic carbocycles. The Morgan fingerprint density at radius 3 is 2.57 bits per heavy atom. The summed E-state index contributed by atoms with van der Waals surface area (Å²) in [4.78, 5) is 28.1. The van der Waals surface area contributed by atoms with Crippen molar-refractivity contribution in [2.45, 2.75) is 6.92 Å². The number of aryl methyl sites for hydroxylation is 1. The molecule has 1 aromatic heterocycles. The fraction of sp³-hybridized carbons (Fsp3) is 0.450. The van der Waals surface area contributed by atoms with Crippen LogP contribution in [0, 0.1) is 6.92 Å². The van der Waals surface area contributed by atoms with Crippen LogP contribution in [0.5, 0.6) is 11.5 Å². The largest absolute Gasteiger partial charge is 0.486 e. The second-order valence-corrected chi connectivity index (χ2v) is 7.13. The van der Waals surface area contributed by atoms with Gasteiger partial charge in [0.2, 0.25) is 0 Å². The predicted octanol–water partition coefficient (Wildman–Crippen LogP) is 1.58. The quantitative estimate of drug-likeness (QED) is 0.797. The number of benzene rings is 1. The normalized spacial score (nSPS) is 16.1. The highest BCUT2D eigenvalue weighted by molar-refractivity contribution is 5.98. The Morgan fingerprint density at radius 1 is 1.07 bits per heavy atom. The number of carbonyl (C=O) groups is 1. The number of amides is 1. The van der Waals surface area contributed by atoms with E-state index in [4.69, 9.17) is 9.47 Å². The van der Waals surface area contributed by atoms with E-state index < -0.39 is 0 Å². The molecule has 1 amide bonds. The van der Waals surface area contributed by atoms with Gasteiger partial charge < -0.3 is 24.2 Å². The minimum Gasteiger partial charge on any atom is -0.486 e. The lowest BCUT2D eigenvalue weighted by molar-refractivity contribution is 0.0736. The first-order valence-corrected chi connectivity index (χ1v) is 9.49. The van der Waals surface area contributed by atoms with Crippen molar-refractivity contribution in [3.8, 4) is 11.5 Å². The summed E-state index contributed by atoms with van der Waals surface area (Å²) in [5, 5.41) is 0. The van der Waals surface area contributed by atoms with Crippen molar-refractivity contribution < 1.29 is 14.3 Å². The average molecular weight is 383 g/mol. The number of hydrogen-bond acceptors (Lipinski definition) is 7. The molecule has 0 bridgehead atoms. The summed E-state index contributed by atoms with van der Waals surface area (Å²) in [7, 11) is 3.93. The van der Waals surface area contributed by atoms with E-state index in [0.29, 0.717) is 43.4 Å². The molecule has 4 rings (SSSR count). The summed E-state index contributed by atoms with van der Waals surface area (Å²) in [6.45, 7) is 5.58. The monoisotopic (exact) mass is 383 g/mol. The number of rotatable bonds is 3. The molecule has 8 nitrogen and oxygen atoms in total. The van der Waals surface area contributed by atoms with E-state index in [1.54, 1.807) is 6.07 Å². The number of carbonyl (C=O) groups excluding carboxylic acids is 1. The molecule has 28 heavy (non-hydrogen) atoms. The topological polar surface area (TPSA) is 71.0 Å². The van der Waals surface area contributed by atoms with Crippen LogP contribution in [0.1, 0.15) is 16.2 Å². The van der Waals surface area contributed by atoms with E-state index in [1.165, 1.54) is 0 Å². The molecular formula is C20H25N5O3. The molecule has 0 spiro atoms. The zero-order valence-electron chi connectivity index (χ0n) is 16.5. The fourth-order valence-corrected chi connectivity index (χ4v) is 3.48. The van der Waals surface area contributed by atoms with Crippen LogP contribution in [0.3, 0.4) is 0 Å². The number of fused-ring (bicyclic) bond motifs is 1. The molecule has 1 saturated heterocycles. The molecule has 1 fully saturated rings. The van der Waals surface area contributed by atoms with Crippen molar-refractivity contribution in [3.63, 3.8) is 0 Å². The van der Waals surface area contributed by atoms with Crippen molar-refractivity contribution in [1.82, 2.24) is 14.9 Å². The fourth-order valence-electron chi connectivity index (χ4n) is 3.48. The smallest absolute Gasteiger partial charge is 0.257 e. The standard InChI is InChI=1S/C20H25N5O3/c1-14-21-17(23(2)3)13-18(22-14)24-7-9-25(10-8-24)20(26)15-5-4-6-16-19(15)28-12-11-27-16/h4-6,13H,7-12H2,1-3H3. The van der Waals surface area contributed by atoms with Gasteiger partial charge in [-0.1, -0.05) is 6.07 Å². The van der Waals surface area contributed by atoms with Gasteiger partial charge in [0.25, 0.3) is 5.91 Å². The highest BCUT2D eigenvalue weighted by Gasteiger charge is 2.27. The highest BCUT2D eigenvalue weighted by atomic mass is 16.6. The number of hydrogen-bond donors (Lipinski definition) is 0. The first kappa shape index (κ1) is 18.3. The summed E-state index contributed by atoms with van der Waals surface area (Å²) in [6.07, 6.45) is 0. The van der Waals surface area contributed by atoms with Crippen LogP contribution < -0.4 is 19.3 Å². The van der Waals surface area contributed by atoms with Crippen LogP contribution >= 0.6 is 0 Å². The average Bonchev–Trinajstić information content (AvgIpc) is 2.72. The Balaban J connectivity index is 1.47. The lowest BCUT2D eigenvalue weighted by Gasteiger charge is -2.36.